The third-order valence-electron chi connectivity index (χ3n) is 14.1. The van der Waals surface area contributed by atoms with E-state index < -0.39 is 91.5 Å². The van der Waals surface area contributed by atoms with Crippen molar-refractivity contribution in [3.8, 4) is 0 Å². The van der Waals surface area contributed by atoms with Crippen LogP contribution in [0.25, 0.3) is 0 Å². The first kappa shape index (κ1) is 91.6. The second-order valence-electron chi connectivity index (χ2n) is 23.3. The third kappa shape index (κ3) is 71.7. The van der Waals surface area contributed by atoms with Gasteiger partial charge in [0, 0.05) is 19.3 Å². The van der Waals surface area contributed by atoms with Crippen molar-refractivity contribution in [2.45, 2.75) is 257 Å². The van der Waals surface area contributed by atoms with E-state index in [9.17, 15) is 43.5 Å². The van der Waals surface area contributed by atoms with Crippen molar-refractivity contribution >= 4 is 33.6 Å². The maximum absolute atomic E-state index is 13.0. The Morgan fingerprint density at radius 2 is 0.567 bits per heavy atom. The van der Waals surface area contributed by atoms with Crippen LogP contribution in [0.15, 0.2) is 182 Å². The molecule has 97 heavy (non-hydrogen) atoms. The molecule has 18 heteroatoms. The lowest BCUT2D eigenvalue weighted by molar-refractivity contribution is -0.161. The first-order valence-electron chi connectivity index (χ1n) is 36.1. The number of hydrogen-bond donors (Lipinski definition) is 4. The topological polar surface area (TPSA) is 231 Å². The molecule has 5 unspecified atom stereocenters. The van der Waals surface area contributed by atoms with E-state index in [1.54, 1.807) is 0 Å². The van der Waals surface area contributed by atoms with E-state index in [1.807, 2.05) is 18.2 Å². The van der Waals surface area contributed by atoms with E-state index in [4.69, 9.17) is 32.3 Å². The van der Waals surface area contributed by atoms with Gasteiger partial charge in [0.05, 0.1) is 26.4 Å². The molecule has 0 heterocycles. The smallest absolute Gasteiger partial charge is 0.463 e. The van der Waals surface area contributed by atoms with Crippen molar-refractivity contribution in [1.82, 2.24) is 0 Å². The zero-order valence-corrected chi connectivity index (χ0v) is 61.2. The molecule has 0 aliphatic rings. The van der Waals surface area contributed by atoms with E-state index in [1.165, 1.54) is 19.3 Å². The lowest BCUT2D eigenvalue weighted by atomic mass is 10.1. The molecule has 0 aliphatic heterocycles. The SMILES string of the molecule is CC/C=C\C/C=C\C/C=C\C/C=C\C/C=C\C/C=C\CCCCCCC(=O)OCC(O)COP(=O)(O)OCC(O)COP(=O)(O)OCC(COC(=O)CC/C=C\C/C=C\C/C=C\C/C=C\C/C=C\C/C=C\CC)OC(=O)CCCCCCCC/C=C\C/C=C\C/C=C\CCCCC. The first-order valence-corrected chi connectivity index (χ1v) is 39.1. The highest BCUT2D eigenvalue weighted by molar-refractivity contribution is 7.47. The number of phosphoric acid groups is 2. The number of unbranched alkanes of at least 4 members (excludes halogenated alkanes) is 13. The Balaban J connectivity index is 4.81. The number of rotatable bonds is 66. The van der Waals surface area contributed by atoms with Gasteiger partial charge in [0.15, 0.2) is 6.10 Å². The second kappa shape index (κ2) is 70.5. The van der Waals surface area contributed by atoms with Crippen LogP contribution in [-0.4, -0.2) is 95.9 Å². The van der Waals surface area contributed by atoms with Crippen LogP contribution in [0.4, 0.5) is 0 Å². The number of phosphoric ester groups is 2. The molecule has 16 nitrogen and oxygen atoms in total. The molecule has 4 N–H and O–H groups in total. The molecule has 548 valence electrons. The quantitative estimate of drug-likeness (QED) is 0.0146. The van der Waals surface area contributed by atoms with Crippen molar-refractivity contribution in [1.29, 1.82) is 0 Å². The van der Waals surface area contributed by atoms with Gasteiger partial charge in [-0.15, -0.1) is 0 Å². The molecule has 0 bridgehead atoms. The molecule has 0 radical (unpaired) electrons. The molecule has 0 aromatic heterocycles. The van der Waals surface area contributed by atoms with Gasteiger partial charge in [0.25, 0.3) is 0 Å². The highest BCUT2D eigenvalue weighted by Gasteiger charge is 2.29. The molecular weight excluding hydrogens is 1270 g/mol. The van der Waals surface area contributed by atoms with Gasteiger partial charge in [-0.25, -0.2) is 9.13 Å². The van der Waals surface area contributed by atoms with Gasteiger partial charge < -0.3 is 34.2 Å². The van der Waals surface area contributed by atoms with Crippen LogP contribution in [0.1, 0.15) is 239 Å². The largest absolute Gasteiger partial charge is 0.472 e. The molecule has 0 aromatic rings. The van der Waals surface area contributed by atoms with Crippen LogP contribution in [-0.2, 0) is 55.8 Å². The van der Waals surface area contributed by atoms with Crippen molar-refractivity contribution in [3.05, 3.63) is 182 Å². The summed E-state index contributed by atoms with van der Waals surface area (Å²) >= 11 is 0. The highest BCUT2D eigenvalue weighted by atomic mass is 31.2. The van der Waals surface area contributed by atoms with E-state index in [0.717, 1.165) is 154 Å². The van der Waals surface area contributed by atoms with E-state index in [2.05, 4.69) is 185 Å². The third-order valence-corrected chi connectivity index (χ3v) is 16.0. The summed E-state index contributed by atoms with van der Waals surface area (Å²) in [7, 11) is -9.83. The molecule has 0 amide bonds. The molecular formula is C79H126O16P2. The van der Waals surface area contributed by atoms with Crippen molar-refractivity contribution < 1.29 is 75.8 Å². The molecule has 0 aromatic carbocycles. The number of allylic oxidation sites excluding steroid dienone is 30. The normalized spacial score (nSPS) is 15.2. The Morgan fingerprint density at radius 3 is 0.928 bits per heavy atom. The molecule has 0 spiro atoms. The monoisotopic (exact) mass is 1390 g/mol. The lowest BCUT2D eigenvalue weighted by Gasteiger charge is -2.21. The maximum Gasteiger partial charge on any atom is 0.472 e. The maximum atomic E-state index is 13.0. The van der Waals surface area contributed by atoms with Crippen LogP contribution in [0.5, 0.6) is 0 Å². The molecule has 0 saturated heterocycles. The number of carbonyl (C=O) groups is 3. The fraction of sp³-hybridized carbons (Fsp3) is 0.582. The van der Waals surface area contributed by atoms with Crippen LogP contribution >= 0.6 is 15.6 Å². The summed E-state index contributed by atoms with van der Waals surface area (Å²) in [6, 6.07) is 0. The lowest BCUT2D eigenvalue weighted by Crippen LogP contribution is -2.30. The first-order chi connectivity index (χ1) is 47.2. The minimum Gasteiger partial charge on any atom is -0.463 e. The molecule has 0 saturated carbocycles. The van der Waals surface area contributed by atoms with Gasteiger partial charge in [0.2, 0.25) is 0 Å². The van der Waals surface area contributed by atoms with Crippen molar-refractivity contribution in [2.75, 3.05) is 39.6 Å². The number of aliphatic hydroxyl groups is 2. The van der Waals surface area contributed by atoms with E-state index in [-0.39, 0.29) is 19.3 Å². The molecule has 5 atom stereocenters. The van der Waals surface area contributed by atoms with Crippen LogP contribution in [0.3, 0.4) is 0 Å². The Bertz CT molecular complexity index is 2490. The van der Waals surface area contributed by atoms with Crippen LogP contribution in [0.2, 0.25) is 0 Å². The molecule has 0 aliphatic carbocycles. The predicted octanol–water partition coefficient (Wildman–Crippen LogP) is 20.6. The minimum atomic E-state index is -4.96. The minimum absolute atomic E-state index is 0.0343. The Hall–Kier alpha value is -5.35. The average molecular weight is 1390 g/mol. The summed E-state index contributed by atoms with van der Waals surface area (Å²) in [6.45, 7) is 2.25. The number of aliphatic hydroxyl groups excluding tert-OH is 2. The van der Waals surface area contributed by atoms with Gasteiger partial charge in [0.1, 0.15) is 25.4 Å². The van der Waals surface area contributed by atoms with Gasteiger partial charge in [-0.3, -0.25) is 32.5 Å². The summed E-state index contributed by atoms with van der Waals surface area (Å²) in [5.74, 6) is -1.73. The Labute approximate surface area is 585 Å². The summed E-state index contributed by atoms with van der Waals surface area (Å²) in [5, 5.41) is 20.6. The summed E-state index contributed by atoms with van der Waals surface area (Å²) in [4.78, 5) is 58.5. The Kier molecular flexibility index (Phi) is 66.6. The highest BCUT2D eigenvalue weighted by Crippen LogP contribution is 2.45. The number of hydrogen-bond acceptors (Lipinski definition) is 14. The average Bonchev–Trinajstić information content (AvgIpc) is 1.81. The number of ether oxygens (including phenoxy) is 3. The van der Waals surface area contributed by atoms with E-state index >= 15 is 0 Å². The van der Waals surface area contributed by atoms with Gasteiger partial charge in [-0.2, -0.15) is 0 Å². The van der Waals surface area contributed by atoms with Crippen molar-refractivity contribution in [2.24, 2.45) is 0 Å². The fourth-order valence-electron chi connectivity index (χ4n) is 8.66. The second-order valence-corrected chi connectivity index (χ2v) is 26.2. The van der Waals surface area contributed by atoms with Crippen LogP contribution < -0.4 is 0 Å². The van der Waals surface area contributed by atoms with Gasteiger partial charge in [-0.05, 0) is 148 Å². The molecule has 0 fully saturated rings. The van der Waals surface area contributed by atoms with Gasteiger partial charge in [-0.1, -0.05) is 254 Å². The van der Waals surface area contributed by atoms with Gasteiger partial charge >= 0.3 is 33.6 Å². The predicted molar refractivity (Wildman–Crippen MR) is 398 cm³/mol. The van der Waals surface area contributed by atoms with Crippen molar-refractivity contribution in [3.63, 3.8) is 0 Å². The number of carbonyl (C=O) groups excluding carboxylic acids is 3. The fourth-order valence-corrected chi connectivity index (χ4v) is 10.2. The van der Waals surface area contributed by atoms with E-state index in [0.29, 0.717) is 25.7 Å². The summed E-state index contributed by atoms with van der Waals surface area (Å²) < 4.78 is 60.9. The van der Waals surface area contributed by atoms with Crippen LogP contribution in [0, 0.1) is 0 Å². The summed E-state index contributed by atoms with van der Waals surface area (Å²) in [6.07, 6.45) is 89.5. The standard InChI is InChI=1S/C79H126O16P2/c1-4-7-10-13-16-19-22-25-28-31-34-35-36-37-40-42-44-47-50-53-56-59-62-65-77(82)89-68-74(80)69-91-96(85,86)92-70-75(81)71-93-97(87,88)94-73-76(95-79(84)67-64-61-58-55-52-49-46-43-39-33-30-27-24-21-18-15-12-9-6-3)72-90-78(83)66-63-60-57-54-51-48-45-41-38-32-29-26-23-20-17-14-11-8-5-2/h7-8,10-11,16-21,25-30,34-35,37-41,43-44,47-48,51,57,60,74-76,80-81H,4-6,9,12-15,22-24,31-33,36,42,45-46,49-50,52-56,58-59,61-73H2,1-3H3,(H,85,86)(H,87,88)/b10-7-,11-8-,19-16-,20-17-,21-18-,28-25-,29-26-,30-27-,35-34-,40-37-,41-38-,43-39-,47-44-,51-48-,60-57-. The Morgan fingerprint density at radius 1 is 0.299 bits per heavy atom. The summed E-state index contributed by atoms with van der Waals surface area (Å²) in [5.41, 5.74) is 0. The zero-order valence-electron chi connectivity index (χ0n) is 59.4. The number of esters is 3. The molecule has 0 rings (SSSR count). The zero-order chi connectivity index (χ0) is 70.9.